The minimum absolute atomic E-state index is 0.000727. The first-order valence-corrected chi connectivity index (χ1v) is 9.60. The summed E-state index contributed by atoms with van der Waals surface area (Å²) in [6.45, 7) is 1.91. The molecule has 21 heavy (non-hydrogen) atoms. The Balaban J connectivity index is 2.49. The zero-order valence-corrected chi connectivity index (χ0v) is 13.7. The summed E-state index contributed by atoms with van der Waals surface area (Å²) in [4.78, 5) is 0.110. The van der Waals surface area contributed by atoms with Gasteiger partial charge in [0.1, 0.15) is 0 Å². The lowest BCUT2D eigenvalue weighted by atomic mass is 10.4. The van der Waals surface area contributed by atoms with Crippen LogP contribution in [0.3, 0.4) is 0 Å². The average Bonchev–Trinajstić information content (AvgIpc) is 2.45. The molecule has 0 aromatic heterocycles. The van der Waals surface area contributed by atoms with Crippen molar-refractivity contribution in [3.05, 3.63) is 30.3 Å². The Hall–Kier alpha value is -1.00. The fourth-order valence-corrected chi connectivity index (χ4v) is 3.62. The lowest BCUT2D eigenvalue weighted by molar-refractivity contribution is 0.552. The molecule has 0 heterocycles. The number of benzene rings is 1. The van der Waals surface area contributed by atoms with E-state index in [0.717, 1.165) is 0 Å². The lowest BCUT2D eigenvalue weighted by Gasteiger charge is -2.12. The highest BCUT2D eigenvalue weighted by Crippen LogP contribution is 2.06. The van der Waals surface area contributed by atoms with E-state index in [1.807, 2.05) is 6.92 Å². The Bertz CT molecular complexity index is 630. The predicted molar refractivity (Wildman–Crippen MR) is 81.9 cm³/mol. The molecule has 7 nitrogen and oxygen atoms in total. The van der Waals surface area contributed by atoms with Gasteiger partial charge in [0, 0.05) is 19.1 Å². The number of sulfonamides is 2. The molecule has 1 aromatic rings. The van der Waals surface area contributed by atoms with Crippen LogP contribution < -0.4 is 14.8 Å². The van der Waals surface area contributed by atoms with E-state index in [1.54, 1.807) is 25.2 Å². The fourth-order valence-electron chi connectivity index (χ4n) is 1.42. The molecular weight excluding hydrogens is 314 g/mol. The van der Waals surface area contributed by atoms with Gasteiger partial charge < -0.3 is 5.32 Å². The number of nitrogens with one attached hydrogen (secondary N) is 3. The molecule has 0 amide bonds. The van der Waals surface area contributed by atoms with E-state index >= 15 is 0 Å². The number of likely N-dealkylation sites (N-methyl/N-ethyl adjacent to an activating group) is 1. The summed E-state index contributed by atoms with van der Waals surface area (Å²) in [6, 6.07) is 7.81. The van der Waals surface area contributed by atoms with E-state index in [9.17, 15) is 16.8 Å². The van der Waals surface area contributed by atoms with Crippen molar-refractivity contribution in [2.75, 3.05) is 25.9 Å². The molecule has 1 aromatic carbocycles. The molecule has 0 bridgehead atoms. The molecule has 1 unspecified atom stereocenters. The first-order chi connectivity index (χ1) is 9.77. The van der Waals surface area contributed by atoms with E-state index in [0.29, 0.717) is 0 Å². The van der Waals surface area contributed by atoms with E-state index in [4.69, 9.17) is 0 Å². The normalized spacial score (nSPS) is 14.0. The Labute approximate surface area is 126 Å². The van der Waals surface area contributed by atoms with E-state index in [2.05, 4.69) is 14.8 Å². The van der Waals surface area contributed by atoms with Crippen molar-refractivity contribution >= 4 is 20.0 Å². The van der Waals surface area contributed by atoms with Gasteiger partial charge in [0.2, 0.25) is 20.0 Å². The number of rotatable bonds is 9. The van der Waals surface area contributed by atoms with Crippen molar-refractivity contribution in [3.8, 4) is 0 Å². The fraction of sp³-hybridized carbons (Fsp3) is 0.500. The van der Waals surface area contributed by atoms with Crippen LogP contribution in [-0.4, -0.2) is 48.8 Å². The van der Waals surface area contributed by atoms with E-state index in [1.165, 1.54) is 12.1 Å². The van der Waals surface area contributed by atoms with Gasteiger partial charge in [-0.25, -0.2) is 26.3 Å². The molecule has 0 spiro atoms. The minimum atomic E-state index is -3.67. The minimum Gasteiger partial charge on any atom is -0.316 e. The lowest BCUT2D eigenvalue weighted by Crippen LogP contribution is -2.40. The maximum Gasteiger partial charge on any atom is 0.240 e. The molecule has 0 aliphatic heterocycles. The zero-order chi connectivity index (χ0) is 15.9. The Morgan fingerprint density at radius 3 is 2.24 bits per heavy atom. The summed E-state index contributed by atoms with van der Waals surface area (Å²) in [7, 11) is -5.45. The van der Waals surface area contributed by atoms with Crippen molar-refractivity contribution < 1.29 is 16.8 Å². The molecule has 120 valence electrons. The van der Waals surface area contributed by atoms with Crippen LogP contribution >= 0.6 is 0 Å². The van der Waals surface area contributed by atoms with Crippen molar-refractivity contribution in [1.82, 2.24) is 14.8 Å². The summed E-state index contributed by atoms with van der Waals surface area (Å²) >= 11 is 0. The molecule has 1 atom stereocenters. The van der Waals surface area contributed by atoms with Crippen molar-refractivity contribution in [2.45, 2.75) is 17.9 Å². The van der Waals surface area contributed by atoms with Gasteiger partial charge >= 0.3 is 0 Å². The molecular formula is C12H21N3O4S2. The zero-order valence-electron chi connectivity index (χ0n) is 12.0. The largest absolute Gasteiger partial charge is 0.316 e. The Kier molecular flexibility index (Phi) is 6.75. The molecule has 0 aliphatic rings. The first kappa shape index (κ1) is 18.1. The van der Waals surface area contributed by atoms with Crippen LogP contribution in [0.1, 0.15) is 6.92 Å². The van der Waals surface area contributed by atoms with Gasteiger partial charge in [0.15, 0.2) is 0 Å². The van der Waals surface area contributed by atoms with Crippen molar-refractivity contribution in [3.63, 3.8) is 0 Å². The number of hydrogen-bond acceptors (Lipinski definition) is 5. The highest BCUT2D eigenvalue weighted by molar-refractivity contribution is 7.90. The molecule has 0 radical (unpaired) electrons. The van der Waals surface area contributed by atoms with Crippen LogP contribution in [0.4, 0.5) is 0 Å². The quantitative estimate of drug-likeness (QED) is 0.564. The van der Waals surface area contributed by atoms with Gasteiger partial charge in [0.25, 0.3) is 0 Å². The predicted octanol–water partition coefficient (Wildman–Crippen LogP) is -0.508. The molecule has 0 saturated heterocycles. The van der Waals surface area contributed by atoms with E-state index < -0.39 is 20.0 Å². The summed E-state index contributed by atoms with van der Waals surface area (Å²) in [6.07, 6.45) is 0. The van der Waals surface area contributed by atoms with Gasteiger partial charge in [-0.3, -0.25) is 0 Å². The second kappa shape index (κ2) is 7.85. The summed E-state index contributed by atoms with van der Waals surface area (Å²) in [5.41, 5.74) is 0. The molecule has 9 heteroatoms. The van der Waals surface area contributed by atoms with Crippen molar-refractivity contribution in [1.29, 1.82) is 0 Å². The molecule has 1 rings (SSSR count). The van der Waals surface area contributed by atoms with Crippen LogP contribution in [0.2, 0.25) is 0 Å². The second-order valence-electron chi connectivity index (χ2n) is 4.57. The SMILES string of the molecule is CNC(C)CNS(=O)(=O)CCNS(=O)(=O)c1ccccc1. The monoisotopic (exact) mass is 335 g/mol. The van der Waals surface area contributed by atoms with Gasteiger partial charge in [0.05, 0.1) is 10.6 Å². The maximum absolute atomic E-state index is 11.9. The number of hydrogen-bond donors (Lipinski definition) is 3. The van der Waals surface area contributed by atoms with Crippen LogP contribution in [0.15, 0.2) is 35.2 Å². The van der Waals surface area contributed by atoms with Crippen LogP contribution in [-0.2, 0) is 20.0 Å². The summed E-state index contributed by atoms with van der Waals surface area (Å²) in [5, 5.41) is 2.90. The van der Waals surface area contributed by atoms with Gasteiger partial charge in [-0.2, -0.15) is 0 Å². The molecule has 0 saturated carbocycles. The first-order valence-electron chi connectivity index (χ1n) is 6.46. The van der Waals surface area contributed by atoms with Crippen molar-refractivity contribution in [2.24, 2.45) is 0 Å². The summed E-state index contributed by atoms with van der Waals surface area (Å²) in [5.74, 6) is -0.310. The highest BCUT2D eigenvalue weighted by Gasteiger charge is 2.16. The molecule has 0 fully saturated rings. The summed E-state index contributed by atoms with van der Waals surface area (Å²) < 4.78 is 51.9. The topological polar surface area (TPSA) is 104 Å². The average molecular weight is 335 g/mol. The smallest absolute Gasteiger partial charge is 0.240 e. The van der Waals surface area contributed by atoms with Crippen LogP contribution in [0.25, 0.3) is 0 Å². The third kappa shape index (κ3) is 6.53. The van der Waals surface area contributed by atoms with E-state index in [-0.39, 0.29) is 29.8 Å². The van der Waals surface area contributed by atoms with Crippen LogP contribution in [0, 0.1) is 0 Å². The molecule has 3 N–H and O–H groups in total. The second-order valence-corrected chi connectivity index (χ2v) is 8.26. The van der Waals surface area contributed by atoms with Gasteiger partial charge in [-0.15, -0.1) is 0 Å². The van der Waals surface area contributed by atoms with Gasteiger partial charge in [-0.05, 0) is 26.1 Å². The Morgan fingerprint density at radius 2 is 1.67 bits per heavy atom. The highest BCUT2D eigenvalue weighted by atomic mass is 32.2. The standard InChI is InChI=1S/C12H21N3O4S2/c1-11(13-2)10-15-20(16,17)9-8-14-21(18,19)12-6-4-3-5-7-12/h3-7,11,13-15H,8-10H2,1-2H3. The molecule has 0 aliphatic carbocycles. The Morgan fingerprint density at radius 1 is 1.05 bits per heavy atom. The third-order valence-electron chi connectivity index (χ3n) is 2.82. The van der Waals surface area contributed by atoms with Gasteiger partial charge in [-0.1, -0.05) is 18.2 Å². The van der Waals surface area contributed by atoms with Crippen LogP contribution in [0.5, 0.6) is 0 Å². The third-order valence-corrected chi connectivity index (χ3v) is 5.64. The maximum atomic E-state index is 11.9.